The number of hydrogen-bond acceptors (Lipinski definition) is 1. The third-order valence-electron chi connectivity index (χ3n) is 3.19. The van der Waals surface area contributed by atoms with E-state index in [9.17, 15) is 5.11 Å². The van der Waals surface area contributed by atoms with Gasteiger partial charge in [-0.1, -0.05) is 55.1 Å². The van der Waals surface area contributed by atoms with Crippen molar-refractivity contribution in [3.63, 3.8) is 0 Å². The van der Waals surface area contributed by atoms with Crippen LogP contribution < -0.4 is 0 Å². The first kappa shape index (κ1) is 14.0. The Labute approximate surface area is 108 Å². The summed E-state index contributed by atoms with van der Waals surface area (Å²) in [7, 11) is 0. The van der Waals surface area contributed by atoms with E-state index in [4.69, 9.17) is 0 Å². The highest BCUT2D eigenvalue weighted by molar-refractivity contribution is 9.11. The lowest BCUT2D eigenvalue weighted by atomic mass is 9.85. The summed E-state index contributed by atoms with van der Waals surface area (Å²) in [5, 5.41) is 10.3. The second-order valence-electron chi connectivity index (χ2n) is 4.63. The molecule has 1 aliphatic rings. The lowest BCUT2D eigenvalue weighted by Crippen LogP contribution is -2.24. The van der Waals surface area contributed by atoms with Gasteiger partial charge < -0.3 is 5.11 Å². The molecular formula is C14H23BrO. The Morgan fingerprint density at radius 3 is 2.56 bits per heavy atom. The molecular weight excluding hydrogens is 264 g/mol. The fourth-order valence-electron chi connectivity index (χ4n) is 2.16. The van der Waals surface area contributed by atoms with Gasteiger partial charge in [-0.15, -0.1) is 0 Å². The third kappa shape index (κ3) is 4.06. The van der Waals surface area contributed by atoms with Crippen molar-refractivity contribution in [1.29, 1.82) is 0 Å². The Hall–Kier alpha value is -0.0800. The molecule has 1 unspecified atom stereocenters. The molecule has 1 aliphatic carbocycles. The molecule has 0 aromatic rings. The number of allylic oxidation sites excluding steroid dienone is 2. The van der Waals surface area contributed by atoms with Crippen LogP contribution in [-0.4, -0.2) is 11.2 Å². The normalized spacial score (nSPS) is 25.2. The molecule has 0 fully saturated rings. The van der Waals surface area contributed by atoms with Crippen LogP contribution in [0.25, 0.3) is 0 Å². The first-order valence-electron chi connectivity index (χ1n) is 6.44. The highest BCUT2D eigenvalue weighted by Crippen LogP contribution is 2.31. The second kappa shape index (κ2) is 7.29. The van der Waals surface area contributed by atoms with E-state index in [1.54, 1.807) is 0 Å². The van der Waals surface area contributed by atoms with E-state index in [1.165, 1.54) is 31.3 Å². The van der Waals surface area contributed by atoms with Crippen molar-refractivity contribution in [3.8, 4) is 0 Å². The number of rotatable bonds is 6. The Bertz CT molecular complexity index is 268. The average Bonchev–Trinajstić information content (AvgIpc) is 2.28. The predicted molar refractivity (Wildman–Crippen MR) is 73.6 cm³/mol. The van der Waals surface area contributed by atoms with Gasteiger partial charge in [-0.05, 0) is 30.9 Å². The van der Waals surface area contributed by atoms with E-state index in [2.05, 4.69) is 41.9 Å². The minimum absolute atomic E-state index is 0.251. The lowest BCUT2D eigenvalue weighted by molar-refractivity contribution is 0.152. The molecule has 1 N–H and O–H groups in total. The van der Waals surface area contributed by atoms with Crippen molar-refractivity contribution in [2.24, 2.45) is 5.92 Å². The van der Waals surface area contributed by atoms with Crippen molar-refractivity contribution in [2.45, 2.75) is 58.5 Å². The zero-order valence-electron chi connectivity index (χ0n) is 10.4. The van der Waals surface area contributed by atoms with Crippen LogP contribution in [0.3, 0.4) is 0 Å². The van der Waals surface area contributed by atoms with Gasteiger partial charge in [-0.2, -0.15) is 0 Å². The molecule has 92 valence electrons. The summed E-state index contributed by atoms with van der Waals surface area (Å²) in [5.41, 5.74) is 1.21. The Kier molecular flexibility index (Phi) is 6.37. The first-order chi connectivity index (χ1) is 7.69. The SMILES string of the molecule is CCCCC1=CC(Br)=CC(CCCC)[C@@H]1O. The second-order valence-corrected chi connectivity index (χ2v) is 5.54. The minimum Gasteiger partial charge on any atom is -0.388 e. The van der Waals surface area contributed by atoms with E-state index < -0.39 is 0 Å². The fraction of sp³-hybridized carbons (Fsp3) is 0.714. The van der Waals surface area contributed by atoms with Crippen LogP contribution >= 0.6 is 15.9 Å². The van der Waals surface area contributed by atoms with Gasteiger partial charge in [0.15, 0.2) is 0 Å². The maximum atomic E-state index is 10.3. The summed E-state index contributed by atoms with van der Waals surface area (Å²) < 4.78 is 1.14. The summed E-state index contributed by atoms with van der Waals surface area (Å²) in [6.45, 7) is 4.39. The van der Waals surface area contributed by atoms with E-state index in [1.807, 2.05) is 0 Å². The highest BCUT2D eigenvalue weighted by Gasteiger charge is 2.23. The molecule has 2 atom stereocenters. The van der Waals surface area contributed by atoms with Gasteiger partial charge in [0, 0.05) is 10.4 Å². The maximum absolute atomic E-state index is 10.3. The quantitative estimate of drug-likeness (QED) is 0.759. The van der Waals surface area contributed by atoms with Gasteiger partial charge in [0.25, 0.3) is 0 Å². The molecule has 0 aromatic carbocycles. The van der Waals surface area contributed by atoms with E-state index >= 15 is 0 Å². The van der Waals surface area contributed by atoms with Gasteiger partial charge >= 0.3 is 0 Å². The average molecular weight is 287 g/mol. The molecule has 0 saturated heterocycles. The Morgan fingerprint density at radius 2 is 1.94 bits per heavy atom. The summed E-state index contributed by atoms with van der Waals surface area (Å²) in [4.78, 5) is 0. The van der Waals surface area contributed by atoms with Crippen molar-refractivity contribution in [2.75, 3.05) is 0 Å². The van der Waals surface area contributed by atoms with Gasteiger partial charge in [0.1, 0.15) is 0 Å². The largest absolute Gasteiger partial charge is 0.388 e. The molecule has 1 rings (SSSR count). The summed E-state index contributed by atoms with van der Waals surface area (Å²) >= 11 is 3.55. The molecule has 2 heteroatoms. The first-order valence-corrected chi connectivity index (χ1v) is 7.24. The number of aliphatic hydroxyl groups is 1. The predicted octanol–water partition coefficient (Wildman–Crippen LogP) is 4.56. The number of unbranched alkanes of at least 4 members (excludes halogenated alkanes) is 2. The molecule has 0 heterocycles. The molecule has 0 aliphatic heterocycles. The minimum atomic E-state index is -0.251. The van der Waals surface area contributed by atoms with Crippen LogP contribution in [0, 0.1) is 5.92 Å². The summed E-state index contributed by atoms with van der Waals surface area (Å²) in [5.74, 6) is 0.311. The molecule has 1 nitrogen and oxygen atoms in total. The number of aliphatic hydroxyl groups excluding tert-OH is 1. The standard InChI is InChI=1S/C14H23BrO/c1-3-5-7-11-9-13(15)10-12(14(11)16)8-6-4-2/h9-11,14,16H,3-8H2,1-2H3/t11?,14-/m0/s1. The van der Waals surface area contributed by atoms with Crippen molar-refractivity contribution >= 4 is 15.9 Å². The van der Waals surface area contributed by atoms with Crippen LogP contribution in [0.5, 0.6) is 0 Å². The monoisotopic (exact) mass is 286 g/mol. The van der Waals surface area contributed by atoms with E-state index in [0.717, 1.165) is 17.3 Å². The van der Waals surface area contributed by atoms with Crippen LogP contribution in [0.15, 0.2) is 22.2 Å². The van der Waals surface area contributed by atoms with Crippen LogP contribution in [-0.2, 0) is 0 Å². The van der Waals surface area contributed by atoms with Gasteiger partial charge in [-0.25, -0.2) is 0 Å². The van der Waals surface area contributed by atoms with E-state index in [0.29, 0.717) is 5.92 Å². The van der Waals surface area contributed by atoms with E-state index in [-0.39, 0.29) is 6.10 Å². The highest BCUT2D eigenvalue weighted by atomic mass is 79.9. The molecule has 0 spiro atoms. The van der Waals surface area contributed by atoms with Crippen molar-refractivity contribution in [3.05, 3.63) is 22.2 Å². The van der Waals surface area contributed by atoms with Crippen molar-refractivity contribution in [1.82, 2.24) is 0 Å². The van der Waals surface area contributed by atoms with Gasteiger partial charge in [-0.3, -0.25) is 0 Å². The number of halogens is 1. The van der Waals surface area contributed by atoms with Gasteiger partial charge in [0.05, 0.1) is 6.10 Å². The van der Waals surface area contributed by atoms with Crippen LogP contribution in [0.1, 0.15) is 52.4 Å². The fourth-order valence-corrected chi connectivity index (χ4v) is 2.80. The smallest absolute Gasteiger partial charge is 0.0816 e. The topological polar surface area (TPSA) is 20.2 Å². The van der Waals surface area contributed by atoms with Crippen LogP contribution in [0.2, 0.25) is 0 Å². The molecule has 16 heavy (non-hydrogen) atoms. The third-order valence-corrected chi connectivity index (χ3v) is 3.69. The molecule has 0 saturated carbocycles. The molecule has 0 bridgehead atoms. The lowest BCUT2D eigenvalue weighted by Gasteiger charge is -2.26. The Morgan fingerprint density at radius 1 is 1.25 bits per heavy atom. The number of hydrogen-bond donors (Lipinski definition) is 1. The zero-order chi connectivity index (χ0) is 12.0. The summed E-state index contributed by atoms with van der Waals surface area (Å²) in [6, 6.07) is 0. The van der Waals surface area contributed by atoms with Crippen LogP contribution in [0.4, 0.5) is 0 Å². The molecule has 0 amide bonds. The Balaban J connectivity index is 2.61. The maximum Gasteiger partial charge on any atom is 0.0816 e. The van der Waals surface area contributed by atoms with Gasteiger partial charge in [0.2, 0.25) is 0 Å². The van der Waals surface area contributed by atoms with Crippen molar-refractivity contribution < 1.29 is 5.11 Å². The zero-order valence-corrected chi connectivity index (χ0v) is 12.0. The molecule has 0 radical (unpaired) electrons. The summed E-state index contributed by atoms with van der Waals surface area (Å²) in [6.07, 6.45) is 10.9. The molecule has 0 aromatic heterocycles.